The molecule has 0 bridgehead atoms. The summed E-state index contributed by atoms with van der Waals surface area (Å²) >= 11 is 0. The largest absolute Gasteiger partial charge is 0.471 e. The quantitative estimate of drug-likeness (QED) is 0.897. The summed E-state index contributed by atoms with van der Waals surface area (Å²) in [5.74, 6) is -1.25. The number of nitrogens with zero attached hydrogens (tertiary/aromatic N) is 2. The lowest BCUT2D eigenvalue weighted by molar-refractivity contribution is -0.159. The van der Waals surface area contributed by atoms with E-state index in [1.54, 1.807) is 12.1 Å². The van der Waals surface area contributed by atoms with Crippen LogP contribution in [-0.2, 0) is 17.5 Å². The van der Waals surface area contributed by atoms with Gasteiger partial charge in [0.1, 0.15) is 6.61 Å². The van der Waals surface area contributed by atoms with E-state index in [0.29, 0.717) is 23.6 Å². The van der Waals surface area contributed by atoms with Gasteiger partial charge in [-0.25, -0.2) is 4.79 Å². The third-order valence-electron chi connectivity index (χ3n) is 2.91. The molecule has 0 aliphatic heterocycles. The number of aromatic nitrogens is 2. The summed E-state index contributed by atoms with van der Waals surface area (Å²) in [6, 6.07) is 6.26. The zero-order valence-corrected chi connectivity index (χ0v) is 13.1. The highest BCUT2D eigenvalue weighted by atomic mass is 19.4. The highest BCUT2D eigenvalue weighted by molar-refractivity contribution is 5.67. The van der Waals surface area contributed by atoms with Crippen molar-refractivity contribution in [3.05, 3.63) is 35.7 Å². The van der Waals surface area contributed by atoms with E-state index >= 15 is 0 Å². The molecule has 6 nitrogen and oxygen atoms in total. The maximum absolute atomic E-state index is 12.4. The lowest BCUT2D eigenvalue weighted by atomic mass is 10.1. The number of benzene rings is 1. The van der Waals surface area contributed by atoms with Crippen LogP contribution in [0.3, 0.4) is 0 Å². The minimum absolute atomic E-state index is 0.0459. The number of hydrogen-bond acceptors (Lipinski definition) is 5. The Kier molecular flexibility index (Phi) is 5.42. The van der Waals surface area contributed by atoms with Gasteiger partial charge in [-0.3, -0.25) is 0 Å². The van der Waals surface area contributed by atoms with Gasteiger partial charge in [0.05, 0.1) is 0 Å². The third-order valence-corrected chi connectivity index (χ3v) is 2.91. The first-order valence-electron chi connectivity index (χ1n) is 7.16. The first kappa shape index (κ1) is 17.8. The maximum Gasteiger partial charge on any atom is 0.471 e. The van der Waals surface area contributed by atoms with Crippen molar-refractivity contribution < 1.29 is 27.2 Å². The number of rotatable bonds is 5. The van der Waals surface area contributed by atoms with E-state index in [2.05, 4.69) is 20.0 Å². The first-order chi connectivity index (χ1) is 11.3. The van der Waals surface area contributed by atoms with Crippen molar-refractivity contribution in [3.8, 4) is 11.4 Å². The SMILES string of the molecule is CC(C)CNC(=O)OCc1ccc(-c2noc(C(F)(F)F)n2)cc1. The third kappa shape index (κ3) is 4.97. The number of ether oxygens (including phenoxy) is 1. The van der Waals surface area contributed by atoms with Crippen molar-refractivity contribution in [1.82, 2.24) is 15.5 Å². The van der Waals surface area contributed by atoms with Gasteiger partial charge in [-0.15, -0.1) is 0 Å². The number of hydrogen-bond donors (Lipinski definition) is 1. The summed E-state index contributed by atoms with van der Waals surface area (Å²) in [7, 11) is 0. The smallest absolute Gasteiger partial charge is 0.445 e. The van der Waals surface area contributed by atoms with Crippen LogP contribution in [0.5, 0.6) is 0 Å². The predicted octanol–water partition coefficient (Wildman–Crippen LogP) is 3.64. The van der Waals surface area contributed by atoms with Crippen LogP contribution < -0.4 is 5.32 Å². The van der Waals surface area contributed by atoms with E-state index < -0.39 is 18.2 Å². The molecular formula is C15H16F3N3O3. The Morgan fingerprint density at radius 1 is 1.29 bits per heavy atom. The Morgan fingerprint density at radius 3 is 2.50 bits per heavy atom. The van der Waals surface area contributed by atoms with Gasteiger partial charge in [0.25, 0.3) is 0 Å². The molecule has 0 saturated heterocycles. The number of carbonyl (C=O) groups excluding carboxylic acids is 1. The maximum atomic E-state index is 12.4. The first-order valence-corrected chi connectivity index (χ1v) is 7.16. The van der Waals surface area contributed by atoms with Crippen LogP contribution in [0.1, 0.15) is 25.3 Å². The fraction of sp³-hybridized carbons (Fsp3) is 0.400. The zero-order chi connectivity index (χ0) is 17.7. The second kappa shape index (κ2) is 7.33. The Labute approximate surface area is 136 Å². The molecule has 0 radical (unpaired) electrons. The molecule has 0 spiro atoms. The molecule has 2 aromatic rings. The van der Waals surface area contributed by atoms with E-state index in [4.69, 9.17) is 4.74 Å². The summed E-state index contributed by atoms with van der Waals surface area (Å²) < 4.78 is 46.5. The number of alkyl carbamates (subject to hydrolysis) is 1. The standard InChI is InChI=1S/C15H16F3N3O3/c1-9(2)7-19-14(22)23-8-10-3-5-11(6-4-10)12-20-13(24-21-12)15(16,17)18/h3-6,9H,7-8H2,1-2H3,(H,19,22). The second-order valence-corrected chi connectivity index (χ2v) is 5.47. The lowest BCUT2D eigenvalue weighted by Gasteiger charge is -2.08. The minimum atomic E-state index is -4.68. The van der Waals surface area contributed by atoms with Gasteiger partial charge in [0.2, 0.25) is 5.82 Å². The van der Waals surface area contributed by atoms with Crippen LogP contribution in [0.15, 0.2) is 28.8 Å². The van der Waals surface area contributed by atoms with E-state index in [-0.39, 0.29) is 12.4 Å². The molecule has 0 unspecified atom stereocenters. The molecule has 1 aromatic heterocycles. The minimum Gasteiger partial charge on any atom is -0.445 e. The molecule has 1 aromatic carbocycles. The monoisotopic (exact) mass is 343 g/mol. The number of halogens is 3. The molecule has 9 heteroatoms. The van der Waals surface area contributed by atoms with Crippen molar-refractivity contribution in [1.29, 1.82) is 0 Å². The average Bonchev–Trinajstić information content (AvgIpc) is 3.01. The van der Waals surface area contributed by atoms with Crippen molar-refractivity contribution in [2.75, 3.05) is 6.54 Å². The molecule has 24 heavy (non-hydrogen) atoms. The summed E-state index contributed by atoms with van der Waals surface area (Å²) in [6.45, 7) is 4.48. The molecule has 0 atom stereocenters. The van der Waals surface area contributed by atoms with Crippen molar-refractivity contribution in [2.24, 2.45) is 5.92 Å². The molecule has 130 valence electrons. The van der Waals surface area contributed by atoms with Crippen molar-refractivity contribution in [2.45, 2.75) is 26.6 Å². The fourth-order valence-corrected chi connectivity index (χ4v) is 1.69. The molecule has 0 fully saturated rings. The molecule has 1 heterocycles. The summed E-state index contributed by atoms with van der Waals surface area (Å²) in [5.41, 5.74) is 1.04. The number of amides is 1. The number of alkyl halides is 3. The van der Waals surface area contributed by atoms with Crippen LogP contribution in [0.4, 0.5) is 18.0 Å². The van der Waals surface area contributed by atoms with Crippen molar-refractivity contribution >= 4 is 6.09 Å². The van der Waals surface area contributed by atoms with Crippen LogP contribution >= 0.6 is 0 Å². The normalized spacial score (nSPS) is 11.6. The van der Waals surface area contributed by atoms with Crippen LogP contribution in [0, 0.1) is 5.92 Å². The number of nitrogens with one attached hydrogen (secondary N) is 1. The highest BCUT2D eigenvalue weighted by Gasteiger charge is 2.38. The van der Waals surface area contributed by atoms with Gasteiger partial charge in [-0.05, 0) is 11.5 Å². The summed E-state index contributed by atoms with van der Waals surface area (Å²) in [5, 5.41) is 5.90. The Hall–Kier alpha value is -2.58. The van der Waals surface area contributed by atoms with Crippen LogP contribution in [-0.4, -0.2) is 22.8 Å². The molecule has 2 rings (SSSR count). The van der Waals surface area contributed by atoms with Crippen molar-refractivity contribution in [3.63, 3.8) is 0 Å². The van der Waals surface area contributed by atoms with Gasteiger partial charge in [-0.1, -0.05) is 43.3 Å². The zero-order valence-electron chi connectivity index (χ0n) is 13.1. The van der Waals surface area contributed by atoms with Crippen LogP contribution in [0.2, 0.25) is 0 Å². The Morgan fingerprint density at radius 2 is 1.96 bits per heavy atom. The second-order valence-electron chi connectivity index (χ2n) is 5.47. The number of carbonyl (C=O) groups is 1. The van der Waals surface area contributed by atoms with E-state index in [9.17, 15) is 18.0 Å². The molecule has 1 N–H and O–H groups in total. The molecule has 0 aliphatic rings. The summed E-state index contributed by atoms with van der Waals surface area (Å²) in [4.78, 5) is 14.7. The van der Waals surface area contributed by atoms with E-state index in [0.717, 1.165) is 0 Å². The van der Waals surface area contributed by atoms with Gasteiger partial charge < -0.3 is 14.6 Å². The topological polar surface area (TPSA) is 77.2 Å². The van der Waals surface area contributed by atoms with E-state index in [1.165, 1.54) is 12.1 Å². The summed E-state index contributed by atoms with van der Waals surface area (Å²) in [6.07, 6.45) is -5.21. The van der Waals surface area contributed by atoms with E-state index in [1.807, 2.05) is 13.8 Å². The molecule has 0 aliphatic carbocycles. The average molecular weight is 343 g/mol. The highest BCUT2D eigenvalue weighted by Crippen LogP contribution is 2.29. The Bertz CT molecular complexity index is 681. The molecule has 1 amide bonds. The predicted molar refractivity (Wildman–Crippen MR) is 77.8 cm³/mol. The van der Waals surface area contributed by atoms with Gasteiger partial charge in [0, 0.05) is 12.1 Å². The fourth-order valence-electron chi connectivity index (χ4n) is 1.69. The van der Waals surface area contributed by atoms with Gasteiger partial charge >= 0.3 is 18.2 Å². The Balaban J connectivity index is 1.93. The molecule has 0 saturated carbocycles. The van der Waals surface area contributed by atoms with Gasteiger partial charge in [0.15, 0.2) is 0 Å². The van der Waals surface area contributed by atoms with Gasteiger partial charge in [-0.2, -0.15) is 18.2 Å². The van der Waals surface area contributed by atoms with Crippen LogP contribution in [0.25, 0.3) is 11.4 Å². The molecular weight excluding hydrogens is 327 g/mol. The lowest BCUT2D eigenvalue weighted by Crippen LogP contribution is -2.27.